The Balaban J connectivity index is 4.01. The molecule has 5 N–H and O–H groups in total. The Morgan fingerprint density at radius 1 is 1.35 bits per heavy atom. The van der Waals surface area contributed by atoms with Crippen LogP contribution in [-0.4, -0.2) is 41.4 Å². The molecule has 0 aromatic rings. The van der Waals surface area contributed by atoms with Crippen molar-refractivity contribution in [3.63, 3.8) is 0 Å². The number of hydrogen-bond donors (Lipinski definition) is 4. The highest BCUT2D eigenvalue weighted by Crippen LogP contribution is 2.14. The van der Waals surface area contributed by atoms with Crippen molar-refractivity contribution >= 4 is 5.91 Å². The van der Waals surface area contributed by atoms with Crippen LogP contribution in [0.1, 0.15) is 39.5 Å². The predicted octanol–water partition coefficient (Wildman–Crippen LogP) is 0.00110. The lowest BCUT2D eigenvalue weighted by Crippen LogP contribution is -2.51. The molecule has 0 aromatic carbocycles. The fourth-order valence-electron chi connectivity index (χ4n) is 1.65. The van der Waals surface area contributed by atoms with E-state index in [1.807, 2.05) is 0 Å². The van der Waals surface area contributed by atoms with E-state index in [0.29, 0.717) is 18.9 Å². The second-order valence-electron chi connectivity index (χ2n) is 4.82. The third kappa shape index (κ3) is 6.61. The molecule has 1 amide bonds. The van der Waals surface area contributed by atoms with Crippen LogP contribution in [0.15, 0.2) is 0 Å². The number of amides is 1. The first kappa shape index (κ1) is 16.4. The van der Waals surface area contributed by atoms with Gasteiger partial charge in [0.05, 0.1) is 18.8 Å². The van der Waals surface area contributed by atoms with Gasteiger partial charge in [0.25, 0.3) is 0 Å². The molecular formula is C12H26N2O3. The van der Waals surface area contributed by atoms with Gasteiger partial charge in [0, 0.05) is 6.42 Å². The highest BCUT2D eigenvalue weighted by Gasteiger charge is 2.24. The zero-order chi connectivity index (χ0) is 13.3. The molecule has 0 rings (SSSR count). The Kier molecular flexibility index (Phi) is 8.12. The maximum atomic E-state index is 11.6. The Bertz CT molecular complexity index is 218. The van der Waals surface area contributed by atoms with E-state index >= 15 is 0 Å². The molecule has 0 saturated carbocycles. The summed E-state index contributed by atoms with van der Waals surface area (Å²) in [7, 11) is 0. The van der Waals surface area contributed by atoms with Crippen molar-refractivity contribution < 1.29 is 15.0 Å². The van der Waals surface area contributed by atoms with Gasteiger partial charge in [-0.05, 0) is 32.2 Å². The molecule has 102 valence electrons. The van der Waals surface area contributed by atoms with Crippen LogP contribution in [0.3, 0.4) is 0 Å². The minimum atomic E-state index is -0.924. The van der Waals surface area contributed by atoms with Crippen molar-refractivity contribution in [1.82, 2.24) is 5.32 Å². The van der Waals surface area contributed by atoms with E-state index in [-0.39, 0.29) is 19.1 Å². The Morgan fingerprint density at radius 2 is 1.94 bits per heavy atom. The molecule has 0 aliphatic rings. The first-order valence-electron chi connectivity index (χ1n) is 6.24. The quantitative estimate of drug-likeness (QED) is 0.460. The molecule has 1 unspecified atom stereocenters. The molecule has 0 aromatic heterocycles. The van der Waals surface area contributed by atoms with Gasteiger partial charge in [-0.1, -0.05) is 13.3 Å². The fraction of sp³-hybridized carbons (Fsp3) is 0.917. The molecule has 5 nitrogen and oxygen atoms in total. The van der Waals surface area contributed by atoms with Crippen LogP contribution in [0.5, 0.6) is 0 Å². The van der Waals surface area contributed by atoms with E-state index in [0.717, 1.165) is 19.3 Å². The summed E-state index contributed by atoms with van der Waals surface area (Å²) in [6, 6.07) is 0. The lowest BCUT2D eigenvalue weighted by molar-refractivity contribution is -0.124. The van der Waals surface area contributed by atoms with Crippen LogP contribution >= 0.6 is 0 Å². The molecule has 0 bridgehead atoms. The Labute approximate surface area is 103 Å². The number of carbonyl (C=O) groups excluding carboxylic acids is 1. The summed E-state index contributed by atoms with van der Waals surface area (Å²) >= 11 is 0. The van der Waals surface area contributed by atoms with E-state index in [1.165, 1.54) is 0 Å². The summed E-state index contributed by atoms with van der Waals surface area (Å²) in [4.78, 5) is 11.6. The van der Waals surface area contributed by atoms with Gasteiger partial charge in [0.15, 0.2) is 0 Å². The monoisotopic (exact) mass is 246 g/mol. The Hall–Kier alpha value is -0.650. The molecule has 0 aliphatic heterocycles. The summed E-state index contributed by atoms with van der Waals surface area (Å²) in [5, 5.41) is 20.7. The van der Waals surface area contributed by atoms with Crippen molar-refractivity contribution in [2.24, 2.45) is 11.7 Å². The summed E-state index contributed by atoms with van der Waals surface area (Å²) < 4.78 is 0. The van der Waals surface area contributed by atoms with Crippen LogP contribution in [-0.2, 0) is 4.79 Å². The SMILES string of the molecule is CCC(CCN)CCC(=O)NC(C)(CO)CO. The van der Waals surface area contributed by atoms with Gasteiger partial charge in [0.1, 0.15) is 0 Å². The van der Waals surface area contributed by atoms with Crippen molar-refractivity contribution in [3.8, 4) is 0 Å². The molecule has 0 saturated heterocycles. The van der Waals surface area contributed by atoms with E-state index < -0.39 is 5.54 Å². The van der Waals surface area contributed by atoms with Gasteiger partial charge in [-0.2, -0.15) is 0 Å². The summed E-state index contributed by atoms with van der Waals surface area (Å²) in [6.07, 6.45) is 3.16. The normalized spacial score (nSPS) is 13.5. The second kappa shape index (κ2) is 8.44. The van der Waals surface area contributed by atoms with Crippen molar-refractivity contribution in [2.75, 3.05) is 19.8 Å². The fourth-order valence-corrected chi connectivity index (χ4v) is 1.65. The Morgan fingerprint density at radius 3 is 2.35 bits per heavy atom. The maximum Gasteiger partial charge on any atom is 0.220 e. The third-order valence-electron chi connectivity index (χ3n) is 3.07. The number of nitrogens with two attached hydrogens (primary N) is 1. The van der Waals surface area contributed by atoms with E-state index in [9.17, 15) is 4.79 Å². The zero-order valence-corrected chi connectivity index (χ0v) is 10.9. The van der Waals surface area contributed by atoms with Crippen molar-refractivity contribution in [1.29, 1.82) is 0 Å². The van der Waals surface area contributed by atoms with Gasteiger partial charge in [-0.3, -0.25) is 4.79 Å². The van der Waals surface area contributed by atoms with Gasteiger partial charge in [-0.25, -0.2) is 0 Å². The summed E-state index contributed by atoms with van der Waals surface area (Å²) in [5.74, 6) is 0.339. The van der Waals surface area contributed by atoms with Gasteiger partial charge < -0.3 is 21.3 Å². The van der Waals surface area contributed by atoms with Crippen molar-refractivity contribution in [3.05, 3.63) is 0 Å². The smallest absolute Gasteiger partial charge is 0.220 e. The van der Waals surface area contributed by atoms with E-state index in [4.69, 9.17) is 15.9 Å². The number of rotatable bonds is 9. The molecular weight excluding hydrogens is 220 g/mol. The first-order chi connectivity index (χ1) is 8.01. The number of hydrogen-bond acceptors (Lipinski definition) is 4. The van der Waals surface area contributed by atoms with Crippen LogP contribution in [0, 0.1) is 5.92 Å². The molecule has 1 atom stereocenters. The molecule has 0 aliphatic carbocycles. The van der Waals surface area contributed by atoms with Crippen LogP contribution in [0.4, 0.5) is 0 Å². The molecule has 0 spiro atoms. The molecule has 0 fully saturated rings. The average molecular weight is 246 g/mol. The van der Waals surface area contributed by atoms with Gasteiger partial charge >= 0.3 is 0 Å². The molecule has 5 heteroatoms. The van der Waals surface area contributed by atoms with E-state index in [1.54, 1.807) is 6.92 Å². The average Bonchev–Trinajstić information content (AvgIpc) is 2.34. The first-order valence-corrected chi connectivity index (χ1v) is 6.24. The topological polar surface area (TPSA) is 95.6 Å². The largest absolute Gasteiger partial charge is 0.394 e. The van der Waals surface area contributed by atoms with Gasteiger partial charge in [0.2, 0.25) is 5.91 Å². The highest BCUT2D eigenvalue weighted by atomic mass is 16.3. The summed E-state index contributed by atoms with van der Waals surface area (Å²) in [5.41, 5.74) is 4.57. The lowest BCUT2D eigenvalue weighted by Gasteiger charge is -2.26. The van der Waals surface area contributed by atoms with Gasteiger partial charge in [-0.15, -0.1) is 0 Å². The van der Waals surface area contributed by atoms with Crippen LogP contribution < -0.4 is 11.1 Å². The van der Waals surface area contributed by atoms with E-state index in [2.05, 4.69) is 12.2 Å². The molecule has 17 heavy (non-hydrogen) atoms. The van der Waals surface area contributed by atoms with Crippen LogP contribution in [0.2, 0.25) is 0 Å². The highest BCUT2D eigenvalue weighted by molar-refractivity contribution is 5.76. The van der Waals surface area contributed by atoms with Crippen LogP contribution in [0.25, 0.3) is 0 Å². The minimum Gasteiger partial charge on any atom is -0.394 e. The predicted molar refractivity (Wildman–Crippen MR) is 67.4 cm³/mol. The number of nitrogens with one attached hydrogen (secondary N) is 1. The number of carbonyl (C=O) groups is 1. The maximum absolute atomic E-state index is 11.6. The number of aliphatic hydroxyl groups is 2. The lowest BCUT2D eigenvalue weighted by atomic mass is 9.96. The third-order valence-corrected chi connectivity index (χ3v) is 3.07. The summed E-state index contributed by atoms with van der Waals surface area (Å²) in [6.45, 7) is 3.81. The molecule has 0 radical (unpaired) electrons. The molecule has 0 heterocycles. The van der Waals surface area contributed by atoms with Crippen molar-refractivity contribution in [2.45, 2.75) is 45.1 Å². The number of aliphatic hydroxyl groups excluding tert-OH is 2. The standard InChI is InChI=1S/C12H26N2O3/c1-3-10(6-7-13)4-5-11(17)14-12(2,8-15)9-16/h10,15-16H,3-9,13H2,1-2H3,(H,14,17). The second-order valence-corrected chi connectivity index (χ2v) is 4.82. The zero-order valence-electron chi connectivity index (χ0n) is 10.9. The minimum absolute atomic E-state index is 0.133.